The molecule has 5 fully saturated rings. The molecule has 5 aliphatic carbocycles. The fourth-order valence-corrected chi connectivity index (χ4v) is 13.4. The maximum absolute atomic E-state index is 12.6. The van der Waals surface area contributed by atoms with Crippen molar-refractivity contribution in [1.82, 2.24) is 0 Å². The van der Waals surface area contributed by atoms with E-state index in [2.05, 4.69) is 47.6 Å². The number of carbonyl (C=O) groups excluding carboxylic acids is 1. The molecular weight excluding hydrogens is 696 g/mol. The molecule has 304 valence electrons. The summed E-state index contributed by atoms with van der Waals surface area (Å²) in [6.07, 6.45) is 0.673. The van der Waals surface area contributed by atoms with Gasteiger partial charge in [-0.05, 0) is 104 Å². The normalized spacial score (nSPS) is 51.5. The third-order valence-electron chi connectivity index (χ3n) is 16.9. The average molecular weight is 761 g/mol. The summed E-state index contributed by atoms with van der Waals surface area (Å²) >= 11 is 0. The number of aliphatic hydroxyl groups is 5. The van der Waals surface area contributed by atoms with Crippen LogP contribution in [0.3, 0.4) is 0 Å². The molecule has 0 amide bonds. The molecule has 2 aliphatic heterocycles. The lowest BCUT2D eigenvalue weighted by molar-refractivity contribution is -0.327. The molecule has 0 aromatic heterocycles. The summed E-state index contributed by atoms with van der Waals surface area (Å²) in [5.74, 6) is -1.24. The van der Waals surface area contributed by atoms with E-state index in [-0.39, 0.29) is 75.3 Å². The molecule has 0 radical (unpaired) electrons. The lowest BCUT2D eigenvalue weighted by Gasteiger charge is -2.72. The minimum Gasteiger partial charge on any atom is -0.502 e. The predicted molar refractivity (Wildman–Crippen MR) is 195 cm³/mol. The van der Waals surface area contributed by atoms with Crippen molar-refractivity contribution in [1.29, 1.82) is 0 Å². The van der Waals surface area contributed by atoms with Gasteiger partial charge < -0.3 is 49.6 Å². The number of carboxylic acids is 1. The molecule has 4 saturated carbocycles. The minimum absolute atomic E-state index is 0.00160. The van der Waals surface area contributed by atoms with Crippen LogP contribution in [0.25, 0.3) is 0 Å². The zero-order chi connectivity index (χ0) is 39.6. The number of allylic oxidation sites excluding steroid dienone is 4. The van der Waals surface area contributed by atoms with E-state index in [9.17, 15) is 40.2 Å². The molecule has 2 unspecified atom stereocenters. The summed E-state index contributed by atoms with van der Waals surface area (Å²) in [6, 6.07) is 0. The molecule has 12 heteroatoms. The number of Topliss-reactive ketones (excluding diaryl/α,β-unsaturated/α-hetero) is 1. The lowest BCUT2D eigenvalue weighted by Crippen LogP contribution is -2.67. The summed E-state index contributed by atoms with van der Waals surface area (Å²) in [4.78, 5) is 24.4. The third kappa shape index (κ3) is 5.77. The van der Waals surface area contributed by atoms with Crippen LogP contribution < -0.4 is 0 Å². The Hall–Kier alpha value is -2.06. The van der Waals surface area contributed by atoms with Crippen LogP contribution in [0, 0.1) is 50.2 Å². The van der Waals surface area contributed by atoms with Crippen molar-refractivity contribution in [2.24, 2.45) is 50.2 Å². The van der Waals surface area contributed by atoms with E-state index in [0.29, 0.717) is 12.3 Å². The molecule has 12 nitrogen and oxygen atoms in total. The summed E-state index contributed by atoms with van der Waals surface area (Å²) in [5, 5.41) is 62.4. The van der Waals surface area contributed by atoms with Gasteiger partial charge in [0.2, 0.25) is 12.1 Å². The van der Waals surface area contributed by atoms with E-state index in [1.165, 1.54) is 5.57 Å². The summed E-state index contributed by atoms with van der Waals surface area (Å²) in [5.41, 5.74) is 0.387. The molecule has 0 bridgehead atoms. The summed E-state index contributed by atoms with van der Waals surface area (Å²) in [7, 11) is 0. The molecule has 0 aromatic rings. The van der Waals surface area contributed by atoms with E-state index >= 15 is 0 Å². The Morgan fingerprint density at radius 2 is 1.57 bits per heavy atom. The molecule has 6 N–H and O–H groups in total. The second-order valence-electron chi connectivity index (χ2n) is 20.2. The Balaban J connectivity index is 1.16. The average Bonchev–Trinajstić information content (AvgIpc) is 3.09. The highest BCUT2D eigenvalue weighted by Crippen LogP contribution is 2.76. The van der Waals surface area contributed by atoms with Gasteiger partial charge in [-0.2, -0.15) is 0 Å². The monoisotopic (exact) mass is 760 g/mol. The van der Waals surface area contributed by atoms with Crippen LogP contribution in [0.4, 0.5) is 0 Å². The van der Waals surface area contributed by atoms with Gasteiger partial charge in [0, 0.05) is 10.8 Å². The Morgan fingerprint density at radius 1 is 0.870 bits per heavy atom. The fraction of sp³-hybridized carbons (Fsp3) is 0.857. The van der Waals surface area contributed by atoms with Crippen molar-refractivity contribution in [3.8, 4) is 0 Å². The molecule has 1 saturated heterocycles. The van der Waals surface area contributed by atoms with Crippen molar-refractivity contribution in [2.75, 3.05) is 6.61 Å². The number of aliphatic carboxylic acids is 1. The number of hydrogen-bond donors (Lipinski definition) is 6. The fourth-order valence-electron chi connectivity index (χ4n) is 13.4. The first kappa shape index (κ1) is 40.1. The van der Waals surface area contributed by atoms with Crippen molar-refractivity contribution in [3.05, 3.63) is 23.2 Å². The van der Waals surface area contributed by atoms with Gasteiger partial charge in [-0.3, -0.25) is 4.79 Å². The van der Waals surface area contributed by atoms with Crippen LogP contribution in [0.15, 0.2) is 23.2 Å². The molecule has 7 aliphatic rings. The van der Waals surface area contributed by atoms with Gasteiger partial charge in [0.1, 0.15) is 24.1 Å². The van der Waals surface area contributed by atoms with Crippen LogP contribution in [0.1, 0.15) is 120 Å². The first-order chi connectivity index (χ1) is 25.1. The number of carboxylic acid groups (broad SMARTS) is 1. The molecule has 0 spiro atoms. The molecule has 0 aromatic carbocycles. The highest BCUT2D eigenvalue weighted by Gasteiger charge is 2.70. The van der Waals surface area contributed by atoms with E-state index in [1.54, 1.807) is 6.92 Å². The Kier molecular flexibility index (Phi) is 9.85. The second-order valence-corrected chi connectivity index (χ2v) is 20.2. The molecule has 16 atom stereocenters. The summed E-state index contributed by atoms with van der Waals surface area (Å²) < 4.78 is 24.6. The van der Waals surface area contributed by atoms with E-state index in [0.717, 1.165) is 51.4 Å². The lowest BCUT2D eigenvalue weighted by atomic mass is 9.33. The van der Waals surface area contributed by atoms with Crippen molar-refractivity contribution < 1.29 is 59.2 Å². The first-order valence-corrected chi connectivity index (χ1v) is 20.2. The predicted octanol–water partition coefficient (Wildman–Crippen LogP) is 5.16. The van der Waals surface area contributed by atoms with Gasteiger partial charge in [-0.25, -0.2) is 4.79 Å². The van der Waals surface area contributed by atoms with E-state index in [1.807, 2.05) is 6.92 Å². The second kappa shape index (κ2) is 13.2. The maximum Gasteiger partial charge on any atom is 0.335 e. The number of aliphatic hydroxyl groups excluding tert-OH is 5. The summed E-state index contributed by atoms with van der Waals surface area (Å²) in [6.45, 7) is 17.9. The number of hydrogen-bond acceptors (Lipinski definition) is 11. The van der Waals surface area contributed by atoms with Crippen molar-refractivity contribution >= 4 is 11.8 Å². The third-order valence-corrected chi connectivity index (χ3v) is 16.9. The molecule has 54 heavy (non-hydrogen) atoms. The quantitative estimate of drug-likeness (QED) is 0.154. The van der Waals surface area contributed by atoms with Gasteiger partial charge in [0.15, 0.2) is 18.2 Å². The molecule has 7 rings (SSSR count). The van der Waals surface area contributed by atoms with Crippen molar-refractivity contribution in [2.45, 2.75) is 169 Å². The topological polar surface area (TPSA) is 192 Å². The standard InChI is InChI=1S/C42H64O12/c1-21-30(45)24(44)17-29(51-21)52-28-19-37(2,3)18-23-22-9-10-26-39(5)13-12-27(53-36-33(48)31(46)32(47)34(54-36)35(49)50)40(6,20-43)25(39)11-14-42(26,8)41(22,7)16-15-38(23,28)4/h9,23,25-29,31-34,36,43,45-48H,10-20H2,1-8H3,(H,49,50)/t23-,25?,26?,27-,28+,29+,31-,32-,33+,34-,36+,38+,39-,40+,41+,42+/m0/s1. The number of fused-ring (bicyclic) bond motifs is 7. The van der Waals surface area contributed by atoms with Gasteiger partial charge in [0.05, 0.1) is 25.2 Å². The maximum atomic E-state index is 12.6. The van der Waals surface area contributed by atoms with Crippen molar-refractivity contribution in [3.63, 3.8) is 0 Å². The van der Waals surface area contributed by atoms with E-state index in [4.69, 9.17) is 18.9 Å². The Bertz CT molecular complexity index is 1590. The number of carbonyl (C=O) groups is 2. The van der Waals surface area contributed by atoms with Crippen LogP contribution in [0.5, 0.6) is 0 Å². The Morgan fingerprint density at radius 3 is 2.22 bits per heavy atom. The highest BCUT2D eigenvalue weighted by atomic mass is 16.7. The Labute approximate surface area is 319 Å². The van der Waals surface area contributed by atoms with Gasteiger partial charge in [-0.1, -0.05) is 60.1 Å². The minimum atomic E-state index is -1.80. The van der Waals surface area contributed by atoms with Crippen LogP contribution in [-0.4, -0.2) is 98.2 Å². The van der Waals surface area contributed by atoms with Crippen LogP contribution in [0.2, 0.25) is 0 Å². The number of rotatable bonds is 6. The number of ketones is 1. The SMILES string of the molecule is CC1=C(O)C(=O)C[C@@H](O[C@@H]2CC(C)(C)C[C@H]3C4=CCC5[C@@]6(C)CC[C@H](O[C@@H]7O[C@H](C(=O)O)[C@@H](O)[C@H](O)[C@H]7O)[C@](C)(CO)C6CC[C@@]5(C)[C@]4(C)CC[C@@]23C)O1. The van der Waals surface area contributed by atoms with Crippen LogP contribution >= 0.6 is 0 Å². The highest BCUT2D eigenvalue weighted by molar-refractivity contribution is 5.94. The zero-order valence-corrected chi connectivity index (χ0v) is 33.3. The first-order valence-electron chi connectivity index (χ1n) is 20.2. The van der Waals surface area contributed by atoms with Gasteiger partial charge in [-0.15, -0.1) is 0 Å². The van der Waals surface area contributed by atoms with Crippen LogP contribution in [-0.2, 0) is 28.5 Å². The largest absolute Gasteiger partial charge is 0.502 e. The molecule has 2 heterocycles. The van der Waals surface area contributed by atoms with E-state index < -0.39 is 54.5 Å². The number of ether oxygens (including phenoxy) is 4. The van der Waals surface area contributed by atoms with Gasteiger partial charge in [0.25, 0.3) is 0 Å². The smallest absolute Gasteiger partial charge is 0.335 e. The molecular formula is C42H64O12. The van der Waals surface area contributed by atoms with Gasteiger partial charge >= 0.3 is 5.97 Å². The zero-order valence-electron chi connectivity index (χ0n) is 33.3.